The first kappa shape index (κ1) is 20.2. The summed E-state index contributed by atoms with van der Waals surface area (Å²) in [7, 11) is 1.33. The molecule has 0 bridgehead atoms. The number of hydrogen-bond acceptors (Lipinski definition) is 6. The second-order valence-corrected chi connectivity index (χ2v) is 7.04. The Kier molecular flexibility index (Phi) is 5.98. The fourth-order valence-electron chi connectivity index (χ4n) is 3.24. The molecule has 0 atom stereocenters. The molecule has 2 heterocycles. The molecular formula is C25H20N2O4. The highest BCUT2D eigenvalue weighted by molar-refractivity contribution is 5.91. The SMILES string of the molecule is COC(=O)c1ccc2cc(Cc3cncc(C(=O)OCc4ccccc4)c3)ccc2n1. The van der Waals surface area contributed by atoms with Crippen LogP contribution >= 0.6 is 0 Å². The number of esters is 2. The van der Waals surface area contributed by atoms with E-state index in [0.717, 1.165) is 22.1 Å². The summed E-state index contributed by atoms with van der Waals surface area (Å²) in [6, 6.07) is 20.6. The molecule has 0 fully saturated rings. The van der Waals surface area contributed by atoms with Gasteiger partial charge in [0.2, 0.25) is 0 Å². The quantitative estimate of drug-likeness (QED) is 0.438. The number of rotatable bonds is 6. The number of carbonyl (C=O) groups is 2. The Balaban J connectivity index is 1.47. The number of hydrogen-bond donors (Lipinski definition) is 0. The summed E-state index contributed by atoms with van der Waals surface area (Å²) >= 11 is 0. The Hall–Kier alpha value is -4.06. The fraction of sp³-hybridized carbons (Fsp3) is 0.120. The highest BCUT2D eigenvalue weighted by Crippen LogP contribution is 2.18. The predicted molar refractivity (Wildman–Crippen MR) is 116 cm³/mol. The molecule has 0 unspecified atom stereocenters. The number of nitrogens with zero attached hydrogens (tertiary/aromatic N) is 2. The van der Waals surface area contributed by atoms with E-state index in [9.17, 15) is 9.59 Å². The van der Waals surface area contributed by atoms with E-state index < -0.39 is 11.9 Å². The van der Waals surface area contributed by atoms with Crippen LogP contribution in [0.5, 0.6) is 0 Å². The van der Waals surface area contributed by atoms with Gasteiger partial charge in [-0.2, -0.15) is 0 Å². The summed E-state index contributed by atoms with van der Waals surface area (Å²) in [5.41, 5.74) is 4.26. The van der Waals surface area contributed by atoms with Crippen LogP contribution in [0, 0.1) is 0 Å². The van der Waals surface area contributed by atoms with Gasteiger partial charge in [0, 0.05) is 17.8 Å². The maximum Gasteiger partial charge on any atom is 0.356 e. The highest BCUT2D eigenvalue weighted by atomic mass is 16.5. The van der Waals surface area contributed by atoms with Crippen LogP contribution in [-0.4, -0.2) is 29.0 Å². The summed E-state index contributed by atoms with van der Waals surface area (Å²) in [4.78, 5) is 32.6. The van der Waals surface area contributed by atoms with E-state index in [1.807, 2.05) is 54.6 Å². The van der Waals surface area contributed by atoms with Gasteiger partial charge in [0.25, 0.3) is 0 Å². The smallest absolute Gasteiger partial charge is 0.356 e. The van der Waals surface area contributed by atoms with Crippen molar-refractivity contribution in [2.24, 2.45) is 0 Å². The lowest BCUT2D eigenvalue weighted by molar-refractivity contribution is 0.0471. The average Bonchev–Trinajstić information content (AvgIpc) is 2.82. The topological polar surface area (TPSA) is 78.4 Å². The van der Waals surface area contributed by atoms with Crippen molar-refractivity contribution < 1.29 is 19.1 Å². The first-order valence-corrected chi connectivity index (χ1v) is 9.75. The van der Waals surface area contributed by atoms with Gasteiger partial charge in [-0.05, 0) is 47.4 Å². The van der Waals surface area contributed by atoms with Crippen molar-refractivity contribution >= 4 is 22.8 Å². The molecule has 6 nitrogen and oxygen atoms in total. The van der Waals surface area contributed by atoms with Gasteiger partial charge < -0.3 is 9.47 Å². The van der Waals surface area contributed by atoms with Gasteiger partial charge >= 0.3 is 11.9 Å². The molecule has 6 heteroatoms. The molecule has 0 amide bonds. The zero-order valence-electron chi connectivity index (χ0n) is 16.9. The monoisotopic (exact) mass is 412 g/mol. The molecule has 31 heavy (non-hydrogen) atoms. The Morgan fingerprint density at radius 2 is 1.68 bits per heavy atom. The lowest BCUT2D eigenvalue weighted by Gasteiger charge is -2.08. The minimum absolute atomic E-state index is 0.217. The molecule has 0 aliphatic rings. The Labute approximate surface area is 179 Å². The number of benzene rings is 2. The van der Waals surface area contributed by atoms with E-state index in [0.29, 0.717) is 17.5 Å². The van der Waals surface area contributed by atoms with Crippen LogP contribution in [0.15, 0.2) is 79.1 Å². The second-order valence-electron chi connectivity index (χ2n) is 7.04. The van der Waals surface area contributed by atoms with Crippen LogP contribution in [0.2, 0.25) is 0 Å². The van der Waals surface area contributed by atoms with E-state index >= 15 is 0 Å². The zero-order valence-corrected chi connectivity index (χ0v) is 16.9. The molecule has 0 aliphatic carbocycles. The van der Waals surface area contributed by atoms with Crippen LogP contribution < -0.4 is 0 Å². The van der Waals surface area contributed by atoms with Crippen molar-refractivity contribution in [2.45, 2.75) is 13.0 Å². The maximum atomic E-state index is 12.4. The molecule has 0 N–H and O–H groups in total. The molecule has 0 saturated carbocycles. The van der Waals surface area contributed by atoms with Gasteiger partial charge in [0.15, 0.2) is 0 Å². The van der Waals surface area contributed by atoms with Gasteiger partial charge in [0.05, 0.1) is 18.2 Å². The normalized spacial score (nSPS) is 10.6. The van der Waals surface area contributed by atoms with Crippen LogP contribution in [-0.2, 0) is 22.5 Å². The van der Waals surface area contributed by atoms with E-state index in [4.69, 9.17) is 9.47 Å². The molecule has 2 aromatic carbocycles. The molecule has 154 valence electrons. The van der Waals surface area contributed by atoms with Crippen molar-refractivity contribution in [2.75, 3.05) is 7.11 Å². The second kappa shape index (κ2) is 9.17. The first-order chi connectivity index (χ1) is 15.1. The highest BCUT2D eigenvalue weighted by Gasteiger charge is 2.11. The first-order valence-electron chi connectivity index (χ1n) is 9.75. The summed E-state index contributed by atoms with van der Waals surface area (Å²) in [6.45, 7) is 0.217. The fourth-order valence-corrected chi connectivity index (χ4v) is 3.24. The van der Waals surface area contributed by atoms with Crippen LogP contribution in [0.3, 0.4) is 0 Å². The number of fused-ring (bicyclic) bond motifs is 1. The van der Waals surface area contributed by atoms with E-state index in [2.05, 4.69) is 9.97 Å². The number of ether oxygens (including phenoxy) is 2. The lowest BCUT2D eigenvalue weighted by atomic mass is 10.0. The summed E-state index contributed by atoms with van der Waals surface area (Å²) < 4.78 is 10.1. The molecule has 4 rings (SSSR count). The van der Waals surface area contributed by atoms with Gasteiger partial charge in [0.1, 0.15) is 12.3 Å². The van der Waals surface area contributed by atoms with Crippen molar-refractivity contribution in [3.8, 4) is 0 Å². The van der Waals surface area contributed by atoms with Crippen LogP contribution in [0.4, 0.5) is 0 Å². The van der Waals surface area contributed by atoms with Crippen molar-refractivity contribution in [1.29, 1.82) is 0 Å². The minimum Gasteiger partial charge on any atom is -0.464 e. The number of methoxy groups -OCH3 is 1. The van der Waals surface area contributed by atoms with E-state index in [-0.39, 0.29) is 12.3 Å². The maximum absolute atomic E-state index is 12.4. The molecular weight excluding hydrogens is 392 g/mol. The van der Waals surface area contributed by atoms with Gasteiger partial charge in [-0.3, -0.25) is 4.98 Å². The molecule has 0 spiro atoms. The van der Waals surface area contributed by atoms with Crippen molar-refractivity contribution in [3.05, 3.63) is 107 Å². The molecule has 0 radical (unpaired) electrons. The predicted octanol–water partition coefficient (Wildman–Crippen LogP) is 4.36. The summed E-state index contributed by atoms with van der Waals surface area (Å²) in [5, 5.41) is 0.913. The third-order valence-electron chi connectivity index (χ3n) is 4.80. The number of carbonyl (C=O) groups excluding carboxylic acids is 2. The van der Waals surface area contributed by atoms with Crippen molar-refractivity contribution in [3.63, 3.8) is 0 Å². The Morgan fingerprint density at radius 3 is 2.48 bits per heavy atom. The molecule has 4 aromatic rings. The van der Waals surface area contributed by atoms with Crippen LogP contribution in [0.25, 0.3) is 10.9 Å². The van der Waals surface area contributed by atoms with Gasteiger partial charge in [-0.25, -0.2) is 14.6 Å². The Bertz CT molecular complexity index is 1240. The number of aromatic nitrogens is 2. The standard InChI is InChI=1S/C25H20N2O4/c1-30-25(29)23-10-8-20-12-18(7-9-22(20)27-23)11-19-13-21(15-26-14-19)24(28)31-16-17-5-3-2-4-6-17/h2-10,12-15H,11,16H2,1H3. The van der Waals surface area contributed by atoms with Gasteiger partial charge in [-0.15, -0.1) is 0 Å². The van der Waals surface area contributed by atoms with Crippen LogP contribution in [0.1, 0.15) is 37.5 Å². The van der Waals surface area contributed by atoms with E-state index in [1.54, 1.807) is 18.3 Å². The third kappa shape index (κ3) is 4.93. The van der Waals surface area contributed by atoms with Crippen molar-refractivity contribution in [1.82, 2.24) is 9.97 Å². The molecule has 2 aromatic heterocycles. The number of pyridine rings is 2. The average molecular weight is 412 g/mol. The van der Waals surface area contributed by atoms with Gasteiger partial charge in [-0.1, -0.05) is 42.5 Å². The third-order valence-corrected chi connectivity index (χ3v) is 4.80. The van der Waals surface area contributed by atoms with E-state index in [1.165, 1.54) is 13.3 Å². The lowest BCUT2D eigenvalue weighted by Crippen LogP contribution is -2.06. The molecule has 0 aliphatic heterocycles. The Morgan fingerprint density at radius 1 is 0.839 bits per heavy atom. The summed E-state index contributed by atoms with van der Waals surface area (Å²) in [5.74, 6) is -0.871. The minimum atomic E-state index is -0.465. The molecule has 0 saturated heterocycles. The summed E-state index contributed by atoms with van der Waals surface area (Å²) in [6.07, 6.45) is 3.84. The largest absolute Gasteiger partial charge is 0.464 e. The zero-order chi connectivity index (χ0) is 21.6.